The van der Waals surface area contributed by atoms with Gasteiger partial charge in [-0.15, -0.1) is 0 Å². The molecular weight excluding hydrogens is 302 g/mol. The molecule has 1 fully saturated rings. The average Bonchev–Trinajstić information content (AvgIpc) is 2.54. The molecule has 0 heterocycles. The molecule has 0 spiro atoms. The molecule has 1 aromatic carbocycles. The number of hydrogen-bond acceptors (Lipinski definition) is 3. The Morgan fingerprint density at radius 2 is 1.91 bits per heavy atom. The van der Waals surface area contributed by atoms with Gasteiger partial charge in [0.2, 0.25) is 0 Å². The van der Waals surface area contributed by atoms with Crippen molar-refractivity contribution >= 4 is 12.0 Å². The highest BCUT2D eigenvalue weighted by Gasteiger charge is 2.18. The first-order valence-electron chi connectivity index (χ1n) is 7.56. The van der Waals surface area contributed by atoms with Gasteiger partial charge in [0, 0.05) is 6.04 Å². The van der Waals surface area contributed by atoms with Crippen molar-refractivity contribution in [3.63, 3.8) is 0 Å². The summed E-state index contributed by atoms with van der Waals surface area (Å²) < 4.78 is 28.4. The lowest BCUT2D eigenvalue weighted by Crippen LogP contribution is -2.36. The Bertz CT molecular complexity index is 600. The maximum Gasteiger partial charge on any atom is 0.387 e. The number of benzene rings is 1. The molecule has 0 aromatic heterocycles. The minimum absolute atomic E-state index is 0.00176. The number of alkyl halides is 2. The standard InChI is InChI=1S/C17H18F2N2O2/c18-17(19)23-15-8-6-12(7-9-15)10-13(11-20)16(22)21-14-4-2-1-3-5-14/h6-10,14,17H,1-5H2,(H,21,22)/b13-10-. The number of carbonyl (C=O) groups excluding carboxylic acids is 1. The SMILES string of the molecule is N#C/C(=C/c1ccc(OC(F)F)cc1)C(=O)NC1CCCCC1. The van der Waals surface area contributed by atoms with Gasteiger partial charge in [0.25, 0.3) is 5.91 Å². The van der Waals surface area contributed by atoms with Gasteiger partial charge in [0.15, 0.2) is 0 Å². The molecule has 23 heavy (non-hydrogen) atoms. The minimum Gasteiger partial charge on any atom is -0.435 e. The first-order valence-corrected chi connectivity index (χ1v) is 7.56. The molecule has 1 aliphatic rings. The fourth-order valence-corrected chi connectivity index (χ4v) is 2.57. The highest BCUT2D eigenvalue weighted by Crippen LogP contribution is 2.19. The predicted octanol–water partition coefficient (Wildman–Crippen LogP) is 3.64. The summed E-state index contributed by atoms with van der Waals surface area (Å²) in [6, 6.07) is 7.77. The molecule has 1 N–H and O–H groups in total. The van der Waals surface area contributed by atoms with Crippen LogP contribution in [0.5, 0.6) is 5.75 Å². The normalized spacial score (nSPS) is 16.0. The monoisotopic (exact) mass is 320 g/mol. The van der Waals surface area contributed by atoms with Crippen molar-refractivity contribution in [3.05, 3.63) is 35.4 Å². The Morgan fingerprint density at radius 3 is 2.48 bits per heavy atom. The van der Waals surface area contributed by atoms with E-state index in [1.54, 1.807) is 0 Å². The fraction of sp³-hybridized carbons (Fsp3) is 0.412. The van der Waals surface area contributed by atoms with E-state index in [1.165, 1.54) is 36.8 Å². The fourth-order valence-electron chi connectivity index (χ4n) is 2.57. The van der Waals surface area contributed by atoms with Crippen LogP contribution in [0.25, 0.3) is 6.08 Å². The van der Waals surface area contributed by atoms with Crippen molar-refractivity contribution in [2.45, 2.75) is 44.8 Å². The number of nitriles is 1. The molecule has 1 aromatic rings. The first kappa shape index (κ1) is 16.9. The number of amides is 1. The molecular formula is C17H18F2N2O2. The van der Waals surface area contributed by atoms with Gasteiger partial charge in [-0.2, -0.15) is 14.0 Å². The van der Waals surface area contributed by atoms with Crippen LogP contribution in [-0.4, -0.2) is 18.6 Å². The van der Waals surface area contributed by atoms with Crippen LogP contribution in [0, 0.1) is 11.3 Å². The van der Waals surface area contributed by atoms with Gasteiger partial charge in [-0.25, -0.2) is 0 Å². The molecule has 0 radical (unpaired) electrons. The van der Waals surface area contributed by atoms with Gasteiger partial charge >= 0.3 is 6.61 Å². The first-order chi connectivity index (χ1) is 11.1. The summed E-state index contributed by atoms with van der Waals surface area (Å²) in [6.45, 7) is -2.88. The second-order valence-electron chi connectivity index (χ2n) is 5.43. The second kappa shape index (κ2) is 8.28. The molecule has 4 nitrogen and oxygen atoms in total. The maximum atomic E-state index is 12.1. The Morgan fingerprint density at radius 1 is 1.26 bits per heavy atom. The van der Waals surface area contributed by atoms with E-state index in [9.17, 15) is 13.6 Å². The van der Waals surface area contributed by atoms with Gasteiger partial charge in [0.05, 0.1) is 0 Å². The number of carbonyl (C=O) groups is 1. The van der Waals surface area contributed by atoms with E-state index >= 15 is 0 Å². The van der Waals surface area contributed by atoms with E-state index < -0.39 is 12.5 Å². The van der Waals surface area contributed by atoms with E-state index in [2.05, 4.69) is 10.1 Å². The summed E-state index contributed by atoms with van der Waals surface area (Å²) in [5.41, 5.74) is 0.570. The lowest BCUT2D eigenvalue weighted by molar-refractivity contribution is -0.117. The van der Waals surface area contributed by atoms with Crippen LogP contribution in [0.4, 0.5) is 8.78 Å². The van der Waals surface area contributed by atoms with Crippen molar-refractivity contribution < 1.29 is 18.3 Å². The van der Waals surface area contributed by atoms with Gasteiger partial charge in [-0.05, 0) is 36.6 Å². The molecule has 6 heteroatoms. The van der Waals surface area contributed by atoms with E-state index in [0.29, 0.717) is 5.56 Å². The van der Waals surface area contributed by atoms with Crippen molar-refractivity contribution in [2.75, 3.05) is 0 Å². The van der Waals surface area contributed by atoms with Crippen LogP contribution in [0.2, 0.25) is 0 Å². The lowest BCUT2D eigenvalue weighted by atomic mass is 9.95. The number of nitrogens with zero attached hydrogens (tertiary/aromatic N) is 1. The van der Waals surface area contributed by atoms with Crippen molar-refractivity contribution in [1.82, 2.24) is 5.32 Å². The molecule has 1 saturated carbocycles. The molecule has 2 rings (SSSR count). The smallest absolute Gasteiger partial charge is 0.387 e. The van der Waals surface area contributed by atoms with E-state index in [4.69, 9.17) is 5.26 Å². The Kier molecular flexibility index (Phi) is 6.10. The largest absolute Gasteiger partial charge is 0.435 e. The minimum atomic E-state index is -2.88. The quantitative estimate of drug-likeness (QED) is 0.665. The molecule has 0 saturated heterocycles. The number of nitrogens with one attached hydrogen (secondary N) is 1. The second-order valence-corrected chi connectivity index (χ2v) is 5.43. The molecule has 0 bridgehead atoms. The summed E-state index contributed by atoms with van der Waals surface area (Å²) in [5, 5.41) is 12.0. The topological polar surface area (TPSA) is 62.1 Å². The highest BCUT2D eigenvalue weighted by molar-refractivity contribution is 6.01. The van der Waals surface area contributed by atoms with Crippen LogP contribution in [-0.2, 0) is 4.79 Å². The third kappa shape index (κ3) is 5.37. The number of ether oxygens (including phenoxy) is 1. The number of hydrogen-bond donors (Lipinski definition) is 1. The third-order valence-corrected chi connectivity index (χ3v) is 3.72. The van der Waals surface area contributed by atoms with Gasteiger partial charge < -0.3 is 10.1 Å². The molecule has 0 atom stereocenters. The Labute approximate surface area is 133 Å². The summed E-state index contributed by atoms with van der Waals surface area (Å²) in [4.78, 5) is 12.1. The zero-order valence-corrected chi connectivity index (χ0v) is 12.6. The van der Waals surface area contributed by atoms with Crippen LogP contribution < -0.4 is 10.1 Å². The number of rotatable bonds is 5. The van der Waals surface area contributed by atoms with Crippen molar-refractivity contribution in [1.29, 1.82) is 5.26 Å². The lowest BCUT2D eigenvalue weighted by Gasteiger charge is -2.22. The van der Waals surface area contributed by atoms with E-state index in [1.807, 2.05) is 6.07 Å². The van der Waals surface area contributed by atoms with Crippen molar-refractivity contribution in [3.8, 4) is 11.8 Å². The van der Waals surface area contributed by atoms with Crippen LogP contribution in [0.3, 0.4) is 0 Å². The summed E-state index contributed by atoms with van der Waals surface area (Å²) >= 11 is 0. The predicted molar refractivity (Wildman–Crippen MR) is 81.7 cm³/mol. The summed E-state index contributed by atoms with van der Waals surface area (Å²) in [7, 11) is 0. The third-order valence-electron chi connectivity index (χ3n) is 3.72. The van der Waals surface area contributed by atoms with Crippen LogP contribution in [0.1, 0.15) is 37.7 Å². The van der Waals surface area contributed by atoms with Gasteiger partial charge in [-0.1, -0.05) is 31.4 Å². The zero-order chi connectivity index (χ0) is 16.7. The maximum absolute atomic E-state index is 12.1. The molecule has 1 amide bonds. The van der Waals surface area contributed by atoms with Crippen LogP contribution in [0.15, 0.2) is 29.8 Å². The molecule has 0 aliphatic heterocycles. The molecule has 122 valence electrons. The molecule has 1 aliphatic carbocycles. The van der Waals surface area contributed by atoms with Crippen LogP contribution >= 0.6 is 0 Å². The zero-order valence-electron chi connectivity index (χ0n) is 12.6. The van der Waals surface area contributed by atoms with E-state index in [0.717, 1.165) is 25.7 Å². The Hall–Kier alpha value is -2.42. The Balaban J connectivity index is 2.02. The highest BCUT2D eigenvalue weighted by atomic mass is 19.3. The average molecular weight is 320 g/mol. The summed E-state index contributed by atoms with van der Waals surface area (Å²) in [5.74, 6) is -0.366. The van der Waals surface area contributed by atoms with E-state index in [-0.39, 0.29) is 17.4 Å². The van der Waals surface area contributed by atoms with Crippen molar-refractivity contribution in [2.24, 2.45) is 0 Å². The molecule has 0 unspecified atom stereocenters. The summed E-state index contributed by atoms with van der Waals surface area (Å²) in [6.07, 6.45) is 6.66. The van der Waals surface area contributed by atoms with Gasteiger partial charge in [-0.3, -0.25) is 4.79 Å². The van der Waals surface area contributed by atoms with Gasteiger partial charge in [0.1, 0.15) is 17.4 Å². The number of halogens is 2.